The molecule has 0 aromatic heterocycles. The summed E-state index contributed by atoms with van der Waals surface area (Å²) in [5, 5.41) is 0. The summed E-state index contributed by atoms with van der Waals surface area (Å²) in [4.78, 5) is 0.375. The highest BCUT2D eigenvalue weighted by Crippen LogP contribution is 2.25. The summed E-state index contributed by atoms with van der Waals surface area (Å²) in [6.45, 7) is 1.71. The Morgan fingerprint density at radius 3 is 2.60 bits per heavy atom. The maximum absolute atomic E-state index is 12.9. The lowest BCUT2D eigenvalue weighted by atomic mass is 10.2. The molecular formula is C7H6BrFS. The van der Waals surface area contributed by atoms with Crippen molar-refractivity contribution in [2.75, 3.05) is 0 Å². The highest BCUT2D eigenvalue weighted by Gasteiger charge is 2.03. The van der Waals surface area contributed by atoms with Crippen molar-refractivity contribution in [2.45, 2.75) is 11.8 Å². The number of hydrogen-bond donors (Lipinski definition) is 1. The first-order chi connectivity index (χ1) is 4.63. The van der Waals surface area contributed by atoms with E-state index in [1.165, 1.54) is 0 Å². The summed E-state index contributed by atoms with van der Waals surface area (Å²) in [6, 6.07) is 3.49. The van der Waals surface area contributed by atoms with E-state index in [0.29, 0.717) is 14.9 Å². The second kappa shape index (κ2) is 2.93. The molecule has 1 aromatic rings. The number of hydrogen-bond acceptors (Lipinski definition) is 1. The maximum atomic E-state index is 12.9. The molecule has 3 heteroatoms. The fourth-order valence-corrected chi connectivity index (χ4v) is 1.20. The Labute approximate surface area is 73.0 Å². The van der Waals surface area contributed by atoms with Gasteiger partial charge in [0.25, 0.3) is 0 Å². The van der Waals surface area contributed by atoms with Gasteiger partial charge < -0.3 is 0 Å². The highest BCUT2D eigenvalue weighted by molar-refractivity contribution is 9.10. The van der Waals surface area contributed by atoms with Crippen molar-refractivity contribution in [2.24, 2.45) is 0 Å². The van der Waals surface area contributed by atoms with Gasteiger partial charge in [-0.1, -0.05) is 6.07 Å². The van der Waals surface area contributed by atoms with Crippen molar-refractivity contribution in [3.8, 4) is 0 Å². The minimum absolute atomic E-state index is 0.252. The van der Waals surface area contributed by atoms with Crippen molar-refractivity contribution in [3.63, 3.8) is 0 Å². The van der Waals surface area contributed by atoms with Crippen LogP contribution in [0.1, 0.15) is 5.56 Å². The van der Waals surface area contributed by atoms with Gasteiger partial charge >= 0.3 is 0 Å². The summed E-state index contributed by atoms with van der Waals surface area (Å²) < 4.78 is 13.6. The first-order valence-corrected chi connectivity index (χ1v) is 4.00. The van der Waals surface area contributed by atoms with Gasteiger partial charge in [-0.3, -0.25) is 0 Å². The Balaban J connectivity index is 3.34. The second-order valence-corrected chi connectivity index (χ2v) is 3.33. The third-order valence-corrected chi connectivity index (χ3v) is 2.66. The smallest absolute Gasteiger partial charge is 0.140 e. The van der Waals surface area contributed by atoms with Gasteiger partial charge in [-0.2, -0.15) is 0 Å². The number of thiol groups is 1. The standard InChI is InChI=1S/C7H6BrFS/c1-4-2-3-5(8)7(10)6(4)9/h2-3,10H,1H3. The van der Waals surface area contributed by atoms with E-state index < -0.39 is 0 Å². The summed E-state index contributed by atoms with van der Waals surface area (Å²) in [7, 11) is 0. The number of aryl methyl sites for hydroxylation is 1. The van der Waals surface area contributed by atoms with Crippen LogP contribution in [-0.2, 0) is 0 Å². The molecule has 0 radical (unpaired) electrons. The van der Waals surface area contributed by atoms with Crippen LogP contribution in [0.2, 0.25) is 0 Å². The summed E-state index contributed by atoms with van der Waals surface area (Å²) >= 11 is 7.12. The molecule has 0 aliphatic carbocycles. The van der Waals surface area contributed by atoms with Crippen LogP contribution in [0.5, 0.6) is 0 Å². The largest absolute Gasteiger partial charge is 0.205 e. The Bertz CT molecular complexity index is 233. The minimum atomic E-state index is -0.252. The molecule has 10 heavy (non-hydrogen) atoms. The molecule has 0 fully saturated rings. The number of rotatable bonds is 0. The van der Waals surface area contributed by atoms with Crippen LogP contribution in [0, 0.1) is 12.7 Å². The summed E-state index contributed by atoms with van der Waals surface area (Å²) in [5.74, 6) is -0.252. The van der Waals surface area contributed by atoms with Crippen LogP contribution in [0.15, 0.2) is 21.5 Å². The lowest BCUT2D eigenvalue weighted by molar-refractivity contribution is 0.591. The first-order valence-electron chi connectivity index (χ1n) is 2.76. The van der Waals surface area contributed by atoms with Crippen molar-refractivity contribution in [1.82, 2.24) is 0 Å². The first kappa shape index (κ1) is 8.08. The second-order valence-electron chi connectivity index (χ2n) is 2.03. The van der Waals surface area contributed by atoms with Gasteiger partial charge in [0.05, 0.1) is 4.90 Å². The van der Waals surface area contributed by atoms with E-state index >= 15 is 0 Å². The molecule has 0 saturated carbocycles. The third kappa shape index (κ3) is 1.35. The van der Waals surface area contributed by atoms with E-state index in [-0.39, 0.29) is 5.82 Å². The molecular weight excluding hydrogens is 215 g/mol. The molecule has 0 aliphatic rings. The van der Waals surface area contributed by atoms with E-state index in [9.17, 15) is 4.39 Å². The molecule has 0 aliphatic heterocycles. The fraction of sp³-hybridized carbons (Fsp3) is 0.143. The third-order valence-electron chi connectivity index (χ3n) is 1.26. The zero-order valence-corrected chi connectivity index (χ0v) is 7.84. The summed E-state index contributed by atoms with van der Waals surface area (Å²) in [5.41, 5.74) is 0.619. The van der Waals surface area contributed by atoms with Crippen molar-refractivity contribution < 1.29 is 4.39 Å². The predicted octanol–water partition coefficient (Wildman–Crippen LogP) is 3.19. The molecule has 0 N–H and O–H groups in total. The molecule has 0 saturated heterocycles. The van der Waals surface area contributed by atoms with Gasteiger partial charge in [-0.05, 0) is 34.5 Å². The van der Waals surface area contributed by atoms with Crippen LogP contribution in [0.3, 0.4) is 0 Å². The maximum Gasteiger partial charge on any atom is 0.140 e. The number of halogens is 2. The van der Waals surface area contributed by atoms with Crippen LogP contribution in [0.4, 0.5) is 4.39 Å². The van der Waals surface area contributed by atoms with Gasteiger partial charge in [0.1, 0.15) is 5.82 Å². The van der Waals surface area contributed by atoms with E-state index in [2.05, 4.69) is 28.6 Å². The Hall–Kier alpha value is -0.0200. The minimum Gasteiger partial charge on any atom is -0.205 e. The molecule has 1 aromatic carbocycles. The van der Waals surface area contributed by atoms with Crippen molar-refractivity contribution in [3.05, 3.63) is 28.0 Å². The van der Waals surface area contributed by atoms with Gasteiger partial charge in [0, 0.05) is 4.47 Å². The highest BCUT2D eigenvalue weighted by atomic mass is 79.9. The summed E-state index contributed by atoms with van der Waals surface area (Å²) in [6.07, 6.45) is 0. The Kier molecular flexibility index (Phi) is 2.36. The lowest BCUT2D eigenvalue weighted by Gasteiger charge is -2.00. The monoisotopic (exact) mass is 220 g/mol. The van der Waals surface area contributed by atoms with E-state index in [4.69, 9.17) is 0 Å². The average Bonchev–Trinajstić information content (AvgIpc) is 1.93. The quantitative estimate of drug-likeness (QED) is 0.639. The fourth-order valence-electron chi connectivity index (χ4n) is 0.642. The van der Waals surface area contributed by atoms with Gasteiger partial charge in [0.15, 0.2) is 0 Å². The van der Waals surface area contributed by atoms with Crippen LogP contribution >= 0.6 is 28.6 Å². The van der Waals surface area contributed by atoms with E-state index in [1.54, 1.807) is 19.1 Å². The van der Waals surface area contributed by atoms with Gasteiger partial charge in [-0.15, -0.1) is 12.6 Å². The Morgan fingerprint density at radius 2 is 2.10 bits per heavy atom. The topological polar surface area (TPSA) is 0 Å². The van der Waals surface area contributed by atoms with Crippen LogP contribution < -0.4 is 0 Å². The molecule has 1 rings (SSSR count). The van der Waals surface area contributed by atoms with Gasteiger partial charge in [0.2, 0.25) is 0 Å². The lowest BCUT2D eigenvalue weighted by Crippen LogP contribution is -1.84. The van der Waals surface area contributed by atoms with Crippen molar-refractivity contribution in [1.29, 1.82) is 0 Å². The van der Waals surface area contributed by atoms with E-state index in [0.717, 1.165) is 0 Å². The SMILES string of the molecule is Cc1ccc(Br)c(S)c1F. The molecule has 54 valence electrons. The number of benzene rings is 1. The van der Waals surface area contributed by atoms with Gasteiger partial charge in [-0.25, -0.2) is 4.39 Å². The molecule has 0 spiro atoms. The zero-order chi connectivity index (χ0) is 7.72. The normalized spacial score (nSPS) is 10.0. The molecule has 0 bridgehead atoms. The zero-order valence-electron chi connectivity index (χ0n) is 5.36. The van der Waals surface area contributed by atoms with Crippen LogP contribution in [0.25, 0.3) is 0 Å². The molecule has 0 amide bonds. The molecule has 0 unspecified atom stereocenters. The molecule has 0 atom stereocenters. The average molecular weight is 221 g/mol. The van der Waals surface area contributed by atoms with Crippen molar-refractivity contribution >= 4 is 28.6 Å². The molecule has 0 heterocycles. The molecule has 0 nitrogen and oxygen atoms in total. The van der Waals surface area contributed by atoms with Crippen LogP contribution in [-0.4, -0.2) is 0 Å². The Morgan fingerprint density at radius 1 is 1.50 bits per heavy atom. The van der Waals surface area contributed by atoms with E-state index in [1.807, 2.05) is 0 Å². The predicted molar refractivity (Wildman–Crippen MR) is 46.1 cm³/mol.